The van der Waals surface area contributed by atoms with Gasteiger partial charge in [0.25, 0.3) is 0 Å². The molecule has 0 aromatic carbocycles. The number of piperidine rings is 2. The molecule has 428 valence electrons. The Hall–Kier alpha value is -8.96. The van der Waals surface area contributed by atoms with Crippen molar-refractivity contribution >= 4 is 46.2 Å². The molecule has 1 N–H and O–H groups in total. The van der Waals surface area contributed by atoms with Crippen molar-refractivity contribution in [1.29, 1.82) is 0 Å². The molecule has 2 atom stereocenters. The van der Waals surface area contributed by atoms with E-state index in [9.17, 15) is 9.59 Å². The summed E-state index contributed by atoms with van der Waals surface area (Å²) in [6, 6.07) is 6.54. The fourth-order valence-corrected chi connectivity index (χ4v) is 10.3. The highest BCUT2D eigenvalue weighted by atomic mass is 16.6. The largest absolute Gasteiger partial charge is 0.444 e. The van der Waals surface area contributed by atoms with Gasteiger partial charge < -0.3 is 34.4 Å². The number of carbonyl (C=O) groups excluding carboxylic acids is 2. The van der Waals surface area contributed by atoms with Crippen molar-refractivity contribution in [3.63, 3.8) is 0 Å². The van der Waals surface area contributed by atoms with E-state index in [-0.39, 0.29) is 24.3 Å². The maximum atomic E-state index is 12.5. The second-order valence-electron chi connectivity index (χ2n) is 22.8. The van der Waals surface area contributed by atoms with Gasteiger partial charge in [-0.25, -0.2) is 53.0 Å². The summed E-state index contributed by atoms with van der Waals surface area (Å²) in [5, 5.41) is 16.4. The molecule has 1 aliphatic carbocycles. The number of hydrogen-bond acceptors (Lipinski definition) is 19. The number of rotatable bonds is 9. The first-order valence-corrected chi connectivity index (χ1v) is 28.0. The van der Waals surface area contributed by atoms with Gasteiger partial charge in [0, 0.05) is 114 Å². The van der Waals surface area contributed by atoms with E-state index < -0.39 is 11.2 Å². The molecule has 1 saturated carbocycles. The molecule has 0 unspecified atom stereocenters. The van der Waals surface area contributed by atoms with Crippen molar-refractivity contribution in [2.75, 3.05) is 55.4 Å². The molecule has 0 bridgehead atoms. The van der Waals surface area contributed by atoms with Crippen molar-refractivity contribution < 1.29 is 19.1 Å². The van der Waals surface area contributed by atoms with E-state index >= 15 is 0 Å². The summed E-state index contributed by atoms with van der Waals surface area (Å²) in [5.74, 6) is 4.38. The van der Waals surface area contributed by atoms with Gasteiger partial charge >= 0.3 is 12.2 Å². The van der Waals surface area contributed by atoms with Crippen LogP contribution in [0.5, 0.6) is 0 Å². The maximum absolute atomic E-state index is 12.5. The van der Waals surface area contributed by atoms with Gasteiger partial charge in [0.2, 0.25) is 0 Å². The minimum atomic E-state index is -0.499. The summed E-state index contributed by atoms with van der Waals surface area (Å²) in [6.45, 7) is 13.9. The zero-order valence-electron chi connectivity index (χ0n) is 47.9. The highest BCUT2D eigenvalue weighted by Crippen LogP contribution is 2.29. The number of nitrogens with zero attached hydrogens (tertiary/aromatic N) is 19. The maximum Gasteiger partial charge on any atom is 0.410 e. The fraction of sp³-hybridized carbons (Fsp3) is 0.448. The Labute approximate surface area is 476 Å². The molecule has 24 nitrogen and oxygen atoms in total. The molecule has 0 spiro atoms. The number of fused-ring (bicyclic) bond motifs is 3. The lowest BCUT2D eigenvalue weighted by Gasteiger charge is -2.38. The summed E-state index contributed by atoms with van der Waals surface area (Å²) in [6.07, 6.45) is 36.1. The number of nitrogens with one attached hydrogen (secondary N) is 1. The fourth-order valence-electron chi connectivity index (χ4n) is 10.3. The number of amides is 2. The summed E-state index contributed by atoms with van der Waals surface area (Å²) in [7, 11) is 4.15. The quantitative estimate of drug-likeness (QED) is 0.142. The average molecular weight is 1110 g/mol. The molecular weight excluding hydrogens is 1040 g/mol. The lowest BCUT2D eigenvalue weighted by molar-refractivity contribution is 0.0192. The van der Waals surface area contributed by atoms with Crippen LogP contribution in [0.2, 0.25) is 0 Å². The van der Waals surface area contributed by atoms with Gasteiger partial charge in [-0.05, 0) is 98.3 Å². The Morgan fingerprint density at radius 1 is 0.512 bits per heavy atom. The standard InChI is InChI=1S/C21H27N7O2.C20H25N7O2.C17H20N6/c1-21(2,3)30-20(29)27-10-5-6-15(14-27)26(4)18-7-8-23-19(25-18)16-12-24-28-11-9-22-13-17(16)28;1-20(2,3)29-19(28)26-9-4-5-14(13-26)24-17-6-7-22-18(25-17)15-11-23-27-10-8-21-12-16(15)27;1-22(13-5-3-2-4-6-13)16-7-8-19-17(21-16)14-11-20-23-10-9-18-12-15(14)23/h7-9,11-13,15H,5-6,10,14H2,1-4H3;6-8,10-12,14H,4-5,9,13H2,1-3H3,(H,22,24,25);7-13H,2-6H2,1H3/t15-;14-;/m11./s1. The van der Waals surface area contributed by atoms with E-state index in [0.29, 0.717) is 55.5 Å². The minimum Gasteiger partial charge on any atom is -0.444 e. The Balaban J connectivity index is 0.000000139. The zero-order valence-corrected chi connectivity index (χ0v) is 47.9. The van der Waals surface area contributed by atoms with Crippen molar-refractivity contribution in [3.05, 3.63) is 111 Å². The predicted octanol–water partition coefficient (Wildman–Crippen LogP) is 8.97. The van der Waals surface area contributed by atoms with Gasteiger partial charge in [-0.3, -0.25) is 15.0 Å². The number of likely N-dealkylation sites (N-methyl/N-ethyl adjacent to an activating group) is 1. The van der Waals surface area contributed by atoms with Crippen LogP contribution in [0.15, 0.2) is 111 Å². The van der Waals surface area contributed by atoms with Gasteiger partial charge in [0.05, 0.1) is 70.4 Å². The number of carbonyl (C=O) groups is 2. The summed E-state index contributed by atoms with van der Waals surface area (Å²) < 4.78 is 16.3. The van der Waals surface area contributed by atoms with Crippen molar-refractivity contribution in [2.24, 2.45) is 0 Å². The van der Waals surface area contributed by atoms with Gasteiger partial charge in [0.15, 0.2) is 17.5 Å². The van der Waals surface area contributed by atoms with Crippen LogP contribution >= 0.6 is 0 Å². The second kappa shape index (κ2) is 24.8. The highest BCUT2D eigenvalue weighted by molar-refractivity contribution is 5.77. The molecule has 12 rings (SSSR count). The normalized spacial score (nSPS) is 16.9. The van der Waals surface area contributed by atoms with Gasteiger partial charge in [-0.1, -0.05) is 19.3 Å². The van der Waals surface area contributed by atoms with Crippen LogP contribution < -0.4 is 15.1 Å². The topological polar surface area (TPSA) is 245 Å². The molecule has 3 fully saturated rings. The van der Waals surface area contributed by atoms with Gasteiger partial charge in [0.1, 0.15) is 28.7 Å². The third-order valence-corrected chi connectivity index (χ3v) is 14.5. The molecular formula is C58H72N20O4. The van der Waals surface area contributed by atoms with Gasteiger partial charge in [-0.15, -0.1) is 0 Å². The number of anilines is 3. The van der Waals surface area contributed by atoms with E-state index in [1.54, 1.807) is 104 Å². The highest BCUT2D eigenvalue weighted by Gasteiger charge is 2.31. The number of hydrogen-bond donors (Lipinski definition) is 1. The molecule has 82 heavy (non-hydrogen) atoms. The van der Waals surface area contributed by atoms with E-state index in [0.717, 1.165) is 70.6 Å². The Bertz CT molecular complexity index is 3600. The van der Waals surface area contributed by atoms with Crippen LogP contribution in [0.3, 0.4) is 0 Å². The summed E-state index contributed by atoms with van der Waals surface area (Å²) >= 11 is 0. The van der Waals surface area contributed by atoms with Crippen molar-refractivity contribution in [2.45, 2.75) is 129 Å². The monoisotopic (exact) mass is 1110 g/mol. The predicted molar refractivity (Wildman–Crippen MR) is 311 cm³/mol. The Morgan fingerprint density at radius 2 is 0.939 bits per heavy atom. The molecule has 9 aromatic heterocycles. The lowest BCUT2D eigenvalue weighted by atomic mass is 9.94. The number of aromatic nitrogens is 15. The Morgan fingerprint density at radius 3 is 1.43 bits per heavy atom. The Kier molecular flexibility index (Phi) is 17.0. The van der Waals surface area contributed by atoms with E-state index in [4.69, 9.17) is 19.4 Å². The molecule has 3 aliphatic rings. The van der Waals surface area contributed by atoms with Crippen molar-refractivity contribution in [3.8, 4) is 34.2 Å². The number of ether oxygens (including phenoxy) is 2. The zero-order chi connectivity index (χ0) is 57.4. The van der Waals surface area contributed by atoms with Crippen LogP contribution in [0.4, 0.5) is 27.0 Å². The second-order valence-corrected chi connectivity index (χ2v) is 22.8. The molecule has 2 saturated heterocycles. The molecule has 2 amide bonds. The molecule has 24 heteroatoms. The lowest BCUT2D eigenvalue weighted by Crippen LogP contribution is -2.50. The summed E-state index contributed by atoms with van der Waals surface area (Å²) in [5.41, 5.74) is 4.19. The molecule has 0 radical (unpaired) electrons. The van der Waals surface area contributed by atoms with Crippen LogP contribution in [0.25, 0.3) is 50.7 Å². The molecule has 11 heterocycles. The first-order chi connectivity index (χ1) is 39.5. The van der Waals surface area contributed by atoms with Crippen LogP contribution in [0, 0.1) is 0 Å². The smallest absolute Gasteiger partial charge is 0.410 e. The third-order valence-electron chi connectivity index (χ3n) is 14.5. The van der Waals surface area contributed by atoms with E-state index in [1.165, 1.54) is 32.1 Å². The third kappa shape index (κ3) is 13.8. The van der Waals surface area contributed by atoms with E-state index in [1.807, 2.05) is 79.2 Å². The first kappa shape index (κ1) is 56.3. The minimum absolute atomic E-state index is 0.101. The molecule has 9 aromatic rings. The van der Waals surface area contributed by atoms with Crippen LogP contribution in [-0.2, 0) is 9.47 Å². The van der Waals surface area contributed by atoms with Gasteiger partial charge in [-0.2, -0.15) is 15.3 Å². The molecule has 2 aliphatic heterocycles. The average Bonchev–Trinajstić information content (AvgIpc) is 4.46. The van der Waals surface area contributed by atoms with E-state index in [2.05, 4.69) is 72.3 Å². The SMILES string of the molecule is CC(C)(C)OC(=O)N1CCC[C@@H](Nc2ccnc(-c3cnn4ccncc34)n2)C1.CN(c1ccnc(-c2cnn3ccncc23)n1)C1CCCCC1.CN(c1ccnc(-c2cnn3ccncc23)n1)[C@@H]1CCCN(C(=O)OC(C)(C)C)C1. The first-order valence-electron chi connectivity index (χ1n) is 28.0. The van der Waals surface area contributed by atoms with Crippen molar-refractivity contribution in [1.82, 2.24) is 83.5 Å². The van der Waals surface area contributed by atoms with Crippen LogP contribution in [-0.4, -0.2) is 165 Å². The van der Waals surface area contributed by atoms with Crippen LogP contribution in [0.1, 0.15) is 99.3 Å². The number of likely N-dealkylation sites (tertiary alicyclic amines) is 2. The summed E-state index contributed by atoms with van der Waals surface area (Å²) in [4.78, 5) is 72.8.